The van der Waals surface area contributed by atoms with Gasteiger partial charge in [0, 0.05) is 19.5 Å². The lowest BCUT2D eigenvalue weighted by atomic mass is 9.95. The van der Waals surface area contributed by atoms with Gasteiger partial charge in [-0.3, -0.25) is 4.79 Å². The van der Waals surface area contributed by atoms with E-state index in [1.54, 1.807) is 20.8 Å². The van der Waals surface area contributed by atoms with Gasteiger partial charge in [0.1, 0.15) is 11.5 Å². The van der Waals surface area contributed by atoms with Crippen LogP contribution in [0.25, 0.3) is 0 Å². The number of piperidine rings is 1. The smallest absolute Gasteiger partial charge is 0.316 e. The number of esters is 1. The molecule has 0 radical (unpaired) electrons. The zero-order valence-electron chi connectivity index (χ0n) is 9.27. The number of hydrogen-bond acceptors (Lipinski definition) is 3. The molecule has 0 saturated carbocycles. The van der Waals surface area contributed by atoms with Crippen LogP contribution in [0.4, 0.5) is 8.78 Å². The lowest BCUT2D eigenvalue weighted by Gasteiger charge is -2.32. The summed E-state index contributed by atoms with van der Waals surface area (Å²) in [6, 6.07) is 0. The number of rotatable bonds is 1. The molecule has 0 aliphatic carbocycles. The zero-order chi connectivity index (χ0) is 11.7. The first kappa shape index (κ1) is 12.4. The van der Waals surface area contributed by atoms with E-state index in [0.717, 1.165) is 0 Å². The molecule has 3 nitrogen and oxygen atoms in total. The largest absolute Gasteiger partial charge is 0.460 e. The van der Waals surface area contributed by atoms with E-state index < -0.39 is 23.4 Å². The van der Waals surface area contributed by atoms with Gasteiger partial charge in [0.15, 0.2) is 0 Å². The molecule has 0 aromatic heterocycles. The molecule has 0 spiro atoms. The van der Waals surface area contributed by atoms with Crippen molar-refractivity contribution in [1.29, 1.82) is 0 Å². The zero-order valence-corrected chi connectivity index (χ0v) is 9.27. The van der Waals surface area contributed by atoms with Crippen LogP contribution < -0.4 is 5.32 Å². The third-order valence-corrected chi connectivity index (χ3v) is 2.18. The molecule has 0 amide bonds. The highest BCUT2D eigenvalue weighted by molar-refractivity contribution is 5.74. The van der Waals surface area contributed by atoms with Crippen molar-refractivity contribution >= 4 is 5.97 Å². The minimum Gasteiger partial charge on any atom is -0.460 e. The summed E-state index contributed by atoms with van der Waals surface area (Å²) in [5.74, 6) is -5.13. The SMILES string of the molecule is CC(C)(C)OC(=O)C1CNCCC1(F)F. The molecule has 1 rings (SSSR count). The molecule has 1 saturated heterocycles. The predicted octanol–water partition coefficient (Wildman–Crippen LogP) is 1.57. The van der Waals surface area contributed by atoms with E-state index in [4.69, 9.17) is 4.74 Å². The highest BCUT2D eigenvalue weighted by Gasteiger charge is 2.47. The van der Waals surface area contributed by atoms with Gasteiger partial charge in [0.25, 0.3) is 5.92 Å². The molecule has 1 unspecified atom stereocenters. The second kappa shape index (κ2) is 4.04. The van der Waals surface area contributed by atoms with E-state index in [-0.39, 0.29) is 19.5 Å². The van der Waals surface area contributed by atoms with Crippen LogP contribution in [-0.4, -0.2) is 30.6 Å². The summed E-state index contributed by atoms with van der Waals surface area (Å²) >= 11 is 0. The van der Waals surface area contributed by atoms with Crippen LogP contribution in [0.3, 0.4) is 0 Å². The maximum Gasteiger partial charge on any atom is 0.316 e. The molecule has 15 heavy (non-hydrogen) atoms. The Bertz CT molecular complexity index is 248. The molecular weight excluding hydrogens is 204 g/mol. The van der Waals surface area contributed by atoms with Crippen LogP contribution in [0, 0.1) is 5.92 Å². The van der Waals surface area contributed by atoms with Gasteiger partial charge in [-0.05, 0) is 20.8 Å². The van der Waals surface area contributed by atoms with Crippen molar-refractivity contribution in [3.8, 4) is 0 Å². The molecule has 1 aliphatic heterocycles. The van der Waals surface area contributed by atoms with Crippen molar-refractivity contribution < 1.29 is 18.3 Å². The molecule has 0 aromatic carbocycles. The van der Waals surface area contributed by atoms with Gasteiger partial charge in [-0.2, -0.15) is 0 Å². The molecule has 1 atom stereocenters. The topological polar surface area (TPSA) is 38.3 Å². The summed E-state index contributed by atoms with van der Waals surface area (Å²) in [6.45, 7) is 5.23. The van der Waals surface area contributed by atoms with Crippen LogP contribution in [0.5, 0.6) is 0 Å². The summed E-state index contributed by atoms with van der Waals surface area (Å²) in [4.78, 5) is 11.5. The Hall–Kier alpha value is -0.710. The lowest BCUT2D eigenvalue weighted by molar-refractivity contribution is -0.177. The Morgan fingerprint density at radius 2 is 2.07 bits per heavy atom. The highest BCUT2D eigenvalue weighted by atomic mass is 19.3. The molecule has 88 valence electrons. The quantitative estimate of drug-likeness (QED) is 0.683. The van der Waals surface area contributed by atoms with Gasteiger partial charge in [-0.25, -0.2) is 8.78 Å². The average Bonchev–Trinajstić information content (AvgIpc) is 1.99. The van der Waals surface area contributed by atoms with Gasteiger partial charge in [0.2, 0.25) is 0 Å². The Morgan fingerprint density at radius 3 is 2.53 bits per heavy atom. The number of ether oxygens (including phenoxy) is 1. The van der Waals surface area contributed by atoms with Gasteiger partial charge in [-0.1, -0.05) is 0 Å². The van der Waals surface area contributed by atoms with Crippen LogP contribution in [0.1, 0.15) is 27.2 Å². The molecule has 5 heteroatoms. The predicted molar refractivity (Wildman–Crippen MR) is 51.8 cm³/mol. The first-order valence-corrected chi connectivity index (χ1v) is 5.04. The van der Waals surface area contributed by atoms with Crippen molar-refractivity contribution in [2.75, 3.05) is 13.1 Å². The number of nitrogens with one attached hydrogen (secondary N) is 1. The van der Waals surface area contributed by atoms with E-state index in [9.17, 15) is 13.6 Å². The number of hydrogen-bond donors (Lipinski definition) is 1. The molecule has 1 heterocycles. The number of carbonyl (C=O) groups is 1. The molecule has 1 fully saturated rings. The summed E-state index contributed by atoms with van der Waals surface area (Å²) in [7, 11) is 0. The van der Waals surface area contributed by atoms with E-state index >= 15 is 0 Å². The maximum atomic E-state index is 13.4. The van der Waals surface area contributed by atoms with Crippen molar-refractivity contribution in [2.45, 2.75) is 38.7 Å². The minimum absolute atomic E-state index is 0.0120. The van der Waals surface area contributed by atoms with E-state index in [1.807, 2.05) is 0 Å². The van der Waals surface area contributed by atoms with Gasteiger partial charge < -0.3 is 10.1 Å². The fraction of sp³-hybridized carbons (Fsp3) is 0.900. The number of alkyl halides is 2. The van der Waals surface area contributed by atoms with Crippen molar-refractivity contribution in [3.05, 3.63) is 0 Å². The Balaban J connectivity index is 2.65. The Labute approximate surface area is 88.2 Å². The Kier molecular flexibility index (Phi) is 3.33. The molecular formula is C10H17F2NO2. The second-order valence-electron chi connectivity index (χ2n) is 4.80. The molecule has 1 N–H and O–H groups in total. The van der Waals surface area contributed by atoms with Crippen LogP contribution >= 0.6 is 0 Å². The highest BCUT2D eigenvalue weighted by Crippen LogP contribution is 2.32. The first-order chi connectivity index (χ1) is 6.72. The maximum absolute atomic E-state index is 13.4. The number of halogens is 2. The second-order valence-corrected chi connectivity index (χ2v) is 4.80. The molecule has 0 aromatic rings. The first-order valence-electron chi connectivity index (χ1n) is 5.04. The van der Waals surface area contributed by atoms with Crippen LogP contribution in [-0.2, 0) is 9.53 Å². The lowest BCUT2D eigenvalue weighted by Crippen LogP contribution is -2.50. The third-order valence-electron chi connectivity index (χ3n) is 2.18. The van der Waals surface area contributed by atoms with E-state index in [1.165, 1.54) is 0 Å². The summed E-state index contributed by atoms with van der Waals surface area (Å²) in [6.07, 6.45) is -0.309. The monoisotopic (exact) mass is 221 g/mol. The summed E-state index contributed by atoms with van der Waals surface area (Å²) < 4.78 is 31.7. The van der Waals surface area contributed by atoms with Crippen molar-refractivity contribution in [2.24, 2.45) is 5.92 Å². The third kappa shape index (κ3) is 3.41. The van der Waals surface area contributed by atoms with Gasteiger partial charge >= 0.3 is 5.97 Å². The van der Waals surface area contributed by atoms with Crippen molar-refractivity contribution in [1.82, 2.24) is 5.32 Å². The van der Waals surface area contributed by atoms with Gasteiger partial charge in [0.05, 0.1) is 0 Å². The van der Waals surface area contributed by atoms with Gasteiger partial charge in [-0.15, -0.1) is 0 Å². The molecule has 0 bridgehead atoms. The van der Waals surface area contributed by atoms with Crippen LogP contribution in [0.15, 0.2) is 0 Å². The normalized spacial score (nSPS) is 26.1. The summed E-state index contributed by atoms with van der Waals surface area (Å²) in [5, 5.41) is 2.78. The van der Waals surface area contributed by atoms with Crippen LogP contribution in [0.2, 0.25) is 0 Å². The van der Waals surface area contributed by atoms with E-state index in [2.05, 4.69) is 5.32 Å². The standard InChI is InChI=1S/C10H17F2NO2/c1-9(2,3)15-8(14)7-6-13-5-4-10(7,11)12/h7,13H,4-6H2,1-3H3. The fourth-order valence-electron chi connectivity index (χ4n) is 1.45. The Morgan fingerprint density at radius 1 is 1.47 bits per heavy atom. The molecule has 1 aliphatic rings. The summed E-state index contributed by atoms with van der Waals surface area (Å²) in [5.41, 5.74) is -0.718. The average molecular weight is 221 g/mol. The fourth-order valence-corrected chi connectivity index (χ4v) is 1.45. The van der Waals surface area contributed by atoms with Crippen molar-refractivity contribution in [3.63, 3.8) is 0 Å². The minimum atomic E-state index is -2.95. The van der Waals surface area contributed by atoms with E-state index in [0.29, 0.717) is 0 Å². The number of carbonyl (C=O) groups excluding carboxylic acids is 1.